The molecule has 0 atom stereocenters. The minimum atomic E-state index is -0.269. The van der Waals surface area contributed by atoms with E-state index in [-0.39, 0.29) is 16.1 Å². The summed E-state index contributed by atoms with van der Waals surface area (Å²) in [7, 11) is 0. The molecule has 0 amide bonds. The lowest BCUT2D eigenvalue weighted by molar-refractivity contribution is 0.0509. The van der Waals surface area contributed by atoms with Gasteiger partial charge in [-0.05, 0) is 72.4 Å². The second kappa shape index (κ2) is 8.92. The first kappa shape index (κ1) is 22.9. The number of carbonyl (C=O) groups is 1. The summed E-state index contributed by atoms with van der Waals surface area (Å²) in [6.07, 6.45) is 3.10. The predicted molar refractivity (Wildman–Crippen MR) is 137 cm³/mol. The van der Waals surface area contributed by atoms with E-state index in [4.69, 9.17) is 4.74 Å². The summed E-state index contributed by atoms with van der Waals surface area (Å²) >= 11 is 3.79. The van der Waals surface area contributed by atoms with Gasteiger partial charge in [0.05, 0.1) is 12.2 Å². The Labute approximate surface area is 199 Å². The number of hydrogen-bond acceptors (Lipinski definition) is 4. The molecule has 2 nitrogen and oxygen atoms in total. The Hall–Kier alpha value is -2.30. The molecule has 0 aliphatic carbocycles. The summed E-state index contributed by atoms with van der Waals surface area (Å²) in [5.74, 6) is -0.269. The van der Waals surface area contributed by atoms with Gasteiger partial charge in [0, 0.05) is 25.8 Å². The number of benzene rings is 2. The zero-order valence-corrected chi connectivity index (χ0v) is 21.0. The number of esters is 1. The molecule has 0 saturated carbocycles. The van der Waals surface area contributed by atoms with Crippen molar-refractivity contribution in [1.29, 1.82) is 0 Å². The molecular weight excluding hydrogens is 432 g/mol. The Morgan fingerprint density at radius 3 is 2.44 bits per heavy atom. The van der Waals surface area contributed by atoms with Crippen LogP contribution in [-0.4, -0.2) is 17.3 Å². The first-order chi connectivity index (χ1) is 15.1. The molecule has 0 unspecified atom stereocenters. The van der Waals surface area contributed by atoms with Gasteiger partial charge < -0.3 is 4.74 Å². The Balaban J connectivity index is 1.55. The van der Waals surface area contributed by atoms with Crippen LogP contribution in [0.5, 0.6) is 0 Å². The average molecular weight is 463 g/mol. The van der Waals surface area contributed by atoms with Gasteiger partial charge in [0.1, 0.15) is 0 Å². The van der Waals surface area contributed by atoms with Crippen molar-refractivity contribution in [3.05, 3.63) is 93.2 Å². The van der Waals surface area contributed by atoms with Crippen LogP contribution >= 0.6 is 23.1 Å². The first-order valence-electron chi connectivity index (χ1n) is 11.0. The molecule has 1 aliphatic heterocycles. The summed E-state index contributed by atoms with van der Waals surface area (Å²) in [6.45, 7) is 11.7. The minimum Gasteiger partial charge on any atom is -0.462 e. The maximum atomic E-state index is 12.2. The van der Waals surface area contributed by atoms with Gasteiger partial charge in [-0.2, -0.15) is 0 Å². The molecule has 166 valence electrons. The largest absolute Gasteiger partial charge is 0.462 e. The number of ether oxygens (including phenoxy) is 1. The molecular formula is C28H30O2S2. The highest BCUT2D eigenvalue weighted by Crippen LogP contribution is 2.48. The topological polar surface area (TPSA) is 26.3 Å². The van der Waals surface area contributed by atoms with Gasteiger partial charge in [-0.25, -0.2) is 4.79 Å². The van der Waals surface area contributed by atoms with Crippen molar-refractivity contribution < 1.29 is 9.53 Å². The third kappa shape index (κ3) is 5.19. The lowest BCUT2D eigenvalue weighted by atomic mass is 9.94. The lowest BCUT2D eigenvalue weighted by Gasteiger charge is -2.29. The zero-order valence-electron chi connectivity index (χ0n) is 19.4. The van der Waals surface area contributed by atoms with Gasteiger partial charge in [0.25, 0.3) is 0 Å². The third-order valence-electron chi connectivity index (χ3n) is 5.44. The monoisotopic (exact) mass is 462 g/mol. The number of thiophene rings is 1. The van der Waals surface area contributed by atoms with Gasteiger partial charge in [0.2, 0.25) is 0 Å². The molecule has 4 rings (SSSR count). The van der Waals surface area contributed by atoms with Crippen molar-refractivity contribution in [2.45, 2.75) is 56.1 Å². The van der Waals surface area contributed by atoms with E-state index < -0.39 is 0 Å². The quantitative estimate of drug-likeness (QED) is 0.362. The summed E-state index contributed by atoms with van der Waals surface area (Å²) in [5, 5.41) is 0. The molecule has 0 spiro atoms. The number of carbonyl (C=O) groups excluding carboxylic acids is 1. The van der Waals surface area contributed by atoms with Crippen LogP contribution in [0.15, 0.2) is 71.6 Å². The van der Waals surface area contributed by atoms with Crippen molar-refractivity contribution in [3.8, 4) is 0 Å². The SMILES string of the molecule is CC1(C)C=C(c2ccc(C(C)(C)C)s2)c2cc(CCOC(=O)c3ccccc3)ccc2S1. The van der Waals surface area contributed by atoms with Gasteiger partial charge >= 0.3 is 5.97 Å². The van der Waals surface area contributed by atoms with Crippen LogP contribution in [0.2, 0.25) is 0 Å². The Bertz CT molecular complexity index is 1150. The highest BCUT2D eigenvalue weighted by atomic mass is 32.2. The normalized spacial score (nSPS) is 15.1. The fraction of sp³-hybridized carbons (Fsp3) is 0.321. The second-order valence-corrected chi connectivity index (χ2v) is 12.5. The smallest absolute Gasteiger partial charge is 0.338 e. The fourth-order valence-electron chi connectivity index (χ4n) is 3.78. The number of fused-ring (bicyclic) bond motifs is 1. The molecule has 0 fully saturated rings. The van der Waals surface area contributed by atoms with E-state index in [1.807, 2.05) is 41.3 Å². The molecule has 0 saturated heterocycles. The Morgan fingerprint density at radius 1 is 1.00 bits per heavy atom. The van der Waals surface area contributed by atoms with Crippen molar-refractivity contribution >= 4 is 34.6 Å². The molecule has 2 heterocycles. The van der Waals surface area contributed by atoms with Crippen molar-refractivity contribution in [3.63, 3.8) is 0 Å². The van der Waals surface area contributed by atoms with Crippen LogP contribution in [0.3, 0.4) is 0 Å². The summed E-state index contributed by atoms with van der Waals surface area (Å²) in [4.78, 5) is 16.2. The Morgan fingerprint density at radius 2 is 1.75 bits per heavy atom. The van der Waals surface area contributed by atoms with Gasteiger partial charge in [-0.3, -0.25) is 0 Å². The van der Waals surface area contributed by atoms with E-state index in [9.17, 15) is 4.79 Å². The molecule has 1 aromatic heterocycles. The number of rotatable bonds is 5. The van der Waals surface area contributed by atoms with E-state index in [0.717, 1.165) is 0 Å². The van der Waals surface area contributed by atoms with E-state index in [1.54, 1.807) is 12.1 Å². The maximum absolute atomic E-state index is 12.2. The van der Waals surface area contributed by atoms with E-state index >= 15 is 0 Å². The predicted octanol–water partition coefficient (Wildman–Crippen LogP) is 7.76. The first-order valence-corrected chi connectivity index (χ1v) is 12.6. The molecule has 3 aromatic rings. The molecule has 0 bridgehead atoms. The van der Waals surface area contributed by atoms with E-state index in [0.29, 0.717) is 18.6 Å². The minimum absolute atomic E-state index is 0.0426. The van der Waals surface area contributed by atoms with E-state index in [1.165, 1.54) is 31.3 Å². The average Bonchev–Trinajstić information content (AvgIpc) is 3.24. The summed E-state index contributed by atoms with van der Waals surface area (Å²) < 4.78 is 5.55. The van der Waals surface area contributed by atoms with Crippen LogP contribution in [0.1, 0.15) is 65.9 Å². The summed E-state index contributed by atoms with van der Waals surface area (Å²) in [6, 6.07) is 20.4. The summed E-state index contributed by atoms with van der Waals surface area (Å²) in [5.41, 5.74) is 4.52. The molecule has 32 heavy (non-hydrogen) atoms. The third-order valence-corrected chi connectivity index (χ3v) is 8.21. The van der Waals surface area contributed by atoms with E-state index in [2.05, 4.69) is 71.0 Å². The molecule has 2 aromatic carbocycles. The lowest BCUT2D eigenvalue weighted by Crippen LogP contribution is -2.16. The van der Waals surface area contributed by atoms with Crippen LogP contribution in [0, 0.1) is 0 Å². The second-order valence-electron chi connectivity index (χ2n) is 9.76. The van der Waals surface area contributed by atoms with Crippen LogP contribution in [0.4, 0.5) is 0 Å². The van der Waals surface area contributed by atoms with Crippen molar-refractivity contribution in [2.75, 3.05) is 6.61 Å². The Kier molecular flexibility index (Phi) is 6.37. The maximum Gasteiger partial charge on any atom is 0.338 e. The zero-order chi connectivity index (χ0) is 22.9. The van der Waals surface area contributed by atoms with Crippen molar-refractivity contribution in [2.24, 2.45) is 0 Å². The molecule has 1 aliphatic rings. The fourth-order valence-corrected chi connectivity index (χ4v) is 6.03. The highest BCUT2D eigenvalue weighted by Gasteiger charge is 2.28. The molecule has 4 heteroatoms. The van der Waals surface area contributed by atoms with Crippen LogP contribution in [-0.2, 0) is 16.6 Å². The molecule has 0 radical (unpaired) electrons. The van der Waals surface area contributed by atoms with Gasteiger partial charge in [-0.1, -0.05) is 51.1 Å². The van der Waals surface area contributed by atoms with Crippen LogP contribution < -0.4 is 0 Å². The van der Waals surface area contributed by atoms with Gasteiger partial charge in [0.15, 0.2) is 0 Å². The number of thioether (sulfide) groups is 1. The molecule has 0 N–H and O–H groups in total. The highest BCUT2D eigenvalue weighted by molar-refractivity contribution is 8.01. The standard InChI is InChI=1S/C28H30O2S2/c1-27(2,3)25-14-13-23(31-25)22-18-28(4,5)32-24-12-11-19(17-21(22)24)15-16-30-26(29)20-9-7-6-8-10-20/h6-14,17-18H,15-16H2,1-5H3. The number of hydrogen-bond donors (Lipinski definition) is 0. The van der Waals surface area contributed by atoms with Crippen LogP contribution in [0.25, 0.3) is 5.57 Å². The van der Waals surface area contributed by atoms with Crippen molar-refractivity contribution in [1.82, 2.24) is 0 Å². The van der Waals surface area contributed by atoms with Gasteiger partial charge in [-0.15, -0.1) is 23.1 Å².